The summed E-state index contributed by atoms with van der Waals surface area (Å²) >= 11 is 0. The largest absolute Gasteiger partial charge is 0.373 e. The van der Waals surface area contributed by atoms with Crippen LogP contribution in [-0.2, 0) is 4.74 Å². The molecule has 1 rings (SSSR count). The van der Waals surface area contributed by atoms with Crippen LogP contribution in [0.4, 0.5) is 0 Å². The van der Waals surface area contributed by atoms with Crippen molar-refractivity contribution in [1.82, 2.24) is 5.32 Å². The van der Waals surface area contributed by atoms with E-state index in [0.29, 0.717) is 6.04 Å². The van der Waals surface area contributed by atoms with Crippen LogP contribution in [0.15, 0.2) is 0 Å². The first kappa shape index (κ1) is 7.03. The van der Waals surface area contributed by atoms with Crippen LogP contribution in [-0.4, -0.2) is 24.8 Å². The van der Waals surface area contributed by atoms with Gasteiger partial charge in [-0.15, -0.1) is 0 Å². The zero-order valence-electron chi connectivity index (χ0n) is 6.40. The van der Waals surface area contributed by atoms with Crippen molar-refractivity contribution in [2.75, 3.05) is 13.2 Å². The summed E-state index contributed by atoms with van der Waals surface area (Å²) in [5.74, 6) is 0. The molecule has 1 N–H and O–H groups in total. The van der Waals surface area contributed by atoms with E-state index < -0.39 is 0 Å². The van der Waals surface area contributed by atoms with Crippen LogP contribution in [0.1, 0.15) is 20.8 Å². The first-order chi connectivity index (χ1) is 4.13. The quantitative estimate of drug-likeness (QED) is 0.521. The first-order valence-corrected chi connectivity index (χ1v) is 3.50. The van der Waals surface area contributed by atoms with Gasteiger partial charge < -0.3 is 10.1 Å². The molecule has 0 spiro atoms. The first-order valence-electron chi connectivity index (χ1n) is 3.50. The van der Waals surface area contributed by atoms with Crippen molar-refractivity contribution >= 4 is 0 Å². The normalized spacial score (nSPS) is 34.3. The van der Waals surface area contributed by atoms with E-state index in [-0.39, 0.29) is 5.60 Å². The molecule has 0 aromatic rings. The highest BCUT2D eigenvalue weighted by Crippen LogP contribution is 2.16. The summed E-state index contributed by atoms with van der Waals surface area (Å²) < 4.78 is 5.52. The van der Waals surface area contributed by atoms with Crippen molar-refractivity contribution in [3.05, 3.63) is 0 Å². The van der Waals surface area contributed by atoms with Crippen LogP contribution in [0, 0.1) is 0 Å². The van der Waals surface area contributed by atoms with E-state index >= 15 is 0 Å². The Morgan fingerprint density at radius 3 is 2.56 bits per heavy atom. The molecule has 2 heteroatoms. The monoisotopic (exact) mass is 129 g/mol. The smallest absolute Gasteiger partial charge is 0.0776 e. The molecule has 0 bridgehead atoms. The topological polar surface area (TPSA) is 21.3 Å². The number of nitrogens with one attached hydrogen (secondary N) is 1. The zero-order valence-corrected chi connectivity index (χ0v) is 6.40. The third-order valence-electron chi connectivity index (χ3n) is 2.07. The molecule has 0 amide bonds. The van der Waals surface area contributed by atoms with Gasteiger partial charge in [0.05, 0.1) is 12.2 Å². The molecule has 0 radical (unpaired) electrons. The second kappa shape index (κ2) is 2.27. The van der Waals surface area contributed by atoms with E-state index in [1.807, 2.05) is 0 Å². The van der Waals surface area contributed by atoms with Gasteiger partial charge in [0.2, 0.25) is 0 Å². The van der Waals surface area contributed by atoms with Gasteiger partial charge in [-0.1, -0.05) is 0 Å². The molecular weight excluding hydrogens is 114 g/mol. The van der Waals surface area contributed by atoms with Crippen molar-refractivity contribution in [3.8, 4) is 0 Å². The molecule has 1 saturated heterocycles. The maximum absolute atomic E-state index is 5.52. The van der Waals surface area contributed by atoms with Gasteiger partial charge in [0.25, 0.3) is 0 Å². The van der Waals surface area contributed by atoms with Crippen LogP contribution in [0.25, 0.3) is 0 Å². The summed E-state index contributed by atoms with van der Waals surface area (Å²) in [6.45, 7) is 8.22. The Hall–Kier alpha value is -0.0800. The molecule has 0 aliphatic carbocycles. The van der Waals surface area contributed by atoms with Crippen molar-refractivity contribution < 1.29 is 4.74 Å². The summed E-state index contributed by atoms with van der Waals surface area (Å²) in [4.78, 5) is 0. The Labute approximate surface area is 56.6 Å². The third kappa shape index (κ3) is 1.43. The van der Waals surface area contributed by atoms with Gasteiger partial charge >= 0.3 is 0 Å². The summed E-state index contributed by atoms with van der Waals surface area (Å²) in [5, 5.41) is 3.35. The van der Waals surface area contributed by atoms with E-state index in [1.54, 1.807) is 0 Å². The molecule has 1 heterocycles. The van der Waals surface area contributed by atoms with E-state index in [1.165, 1.54) is 0 Å². The lowest BCUT2D eigenvalue weighted by atomic mass is 9.99. The highest BCUT2D eigenvalue weighted by atomic mass is 16.5. The Morgan fingerprint density at radius 2 is 2.22 bits per heavy atom. The second-order valence-electron chi connectivity index (χ2n) is 3.13. The average Bonchev–Trinajstić information content (AvgIpc) is 1.77. The molecule has 0 aromatic heterocycles. The van der Waals surface area contributed by atoms with E-state index in [2.05, 4.69) is 26.1 Å². The fourth-order valence-electron chi connectivity index (χ4n) is 0.960. The summed E-state index contributed by atoms with van der Waals surface area (Å²) in [6, 6.07) is 0.478. The molecule has 1 fully saturated rings. The van der Waals surface area contributed by atoms with Crippen molar-refractivity contribution in [3.63, 3.8) is 0 Å². The van der Waals surface area contributed by atoms with Crippen molar-refractivity contribution in [2.24, 2.45) is 0 Å². The van der Waals surface area contributed by atoms with Crippen molar-refractivity contribution in [1.29, 1.82) is 0 Å². The van der Waals surface area contributed by atoms with Gasteiger partial charge in [0.1, 0.15) is 0 Å². The Morgan fingerprint density at radius 1 is 1.56 bits per heavy atom. The summed E-state index contributed by atoms with van der Waals surface area (Å²) in [6.07, 6.45) is 0. The fourth-order valence-corrected chi connectivity index (χ4v) is 0.960. The number of hydrogen-bond acceptors (Lipinski definition) is 2. The second-order valence-corrected chi connectivity index (χ2v) is 3.13. The van der Waals surface area contributed by atoms with Crippen LogP contribution in [0.5, 0.6) is 0 Å². The molecule has 54 valence electrons. The summed E-state index contributed by atoms with van der Waals surface area (Å²) in [5.41, 5.74) is 0.0260. The van der Waals surface area contributed by atoms with Crippen LogP contribution >= 0.6 is 0 Å². The maximum Gasteiger partial charge on any atom is 0.0776 e. The maximum atomic E-state index is 5.52. The van der Waals surface area contributed by atoms with Gasteiger partial charge in [-0.3, -0.25) is 0 Å². The van der Waals surface area contributed by atoms with Gasteiger partial charge in [-0.2, -0.15) is 0 Å². The third-order valence-corrected chi connectivity index (χ3v) is 2.07. The molecular formula is C7H15NO. The van der Waals surface area contributed by atoms with E-state index in [9.17, 15) is 0 Å². The molecule has 0 unspecified atom stereocenters. The molecule has 1 aliphatic rings. The lowest BCUT2D eigenvalue weighted by Gasteiger charge is -2.37. The van der Waals surface area contributed by atoms with Crippen molar-refractivity contribution in [2.45, 2.75) is 32.4 Å². The lowest BCUT2D eigenvalue weighted by Crippen LogP contribution is -2.52. The summed E-state index contributed by atoms with van der Waals surface area (Å²) in [7, 11) is 0. The Kier molecular flexibility index (Phi) is 1.78. The van der Waals surface area contributed by atoms with Gasteiger partial charge in [0, 0.05) is 12.6 Å². The number of rotatable bonds is 0. The van der Waals surface area contributed by atoms with Gasteiger partial charge in [0.15, 0.2) is 0 Å². The molecule has 0 aromatic carbocycles. The fraction of sp³-hybridized carbons (Fsp3) is 1.00. The lowest BCUT2D eigenvalue weighted by molar-refractivity contribution is -0.0660. The molecule has 1 atom stereocenters. The molecule has 2 nitrogen and oxygen atoms in total. The Bertz CT molecular complexity index is 101. The average molecular weight is 129 g/mol. The molecule has 9 heavy (non-hydrogen) atoms. The van der Waals surface area contributed by atoms with Gasteiger partial charge in [-0.25, -0.2) is 0 Å². The van der Waals surface area contributed by atoms with E-state index in [0.717, 1.165) is 13.2 Å². The predicted octanol–water partition coefficient (Wildman–Crippen LogP) is 0.773. The molecule has 1 aliphatic heterocycles. The molecule has 0 saturated carbocycles. The SMILES string of the molecule is C[C@H]1NCCOC1(C)C. The Balaban J connectivity index is 2.49. The standard InChI is InChI=1S/C7H15NO/c1-6-7(2,3)9-5-4-8-6/h6,8H,4-5H2,1-3H3/t6-/m1/s1. The number of ether oxygens (including phenoxy) is 1. The predicted molar refractivity (Wildman–Crippen MR) is 37.5 cm³/mol. The highest BCUT2D eigenvalue weighted by molar-refractivity contribution is 4.84. The number of hydrogen-bond donors (Lipinski definition) is 1. The van der Waals surface area contributed by atoms with Gasteiger partial charge in [-0.05, 0) is 20.8 Å². The van der Waals surface area contributed by atoms with Crippen LogP contribution in [0.3, 0.4) is 0 Å². The highest BCUT2D eigenvalue weighted by Gasteiger charge is 2.28. The minimum absolute atomic E-state index is 0.0260. The minimum Gasteiger partial charge on any atom is -0.373 e. The van der Waals surface area contributed by atoms with Crippen LogP contribution in [0.2, 0.25) is 0 Å². The zero-order chi connectivity index (χ0) is 6.91. The van der Waals surface area contributed by atoms with E-state index in [4.69, 9.17) is 4.74 Å². The number of morpholine rings is 1. The minimum atomic E-state index is 0.0260. The van der Waals surface area contributed by atoms with Crippen LogP contribution < -0.4 is 5.32 Å².